The van der Waals surface area contributed by atoms with Crippen LogP contribution in [0.3, 0.4) is 0 Å². The largest absolute Gasteiger partial charge is 0.307 e. The molecule has 2 aromatic rings. The molecule has 1 heterocycles. The minimum Gasteiger partial charge on any atom is -0.307 e. The Labute approximate surface area is 127 Å². The van der Waals surface area contributed by atoms with Crippen molar-refractivity contribution in [3.05, 3.63) is 48.3 Å². The monoisotopic (exact) mass is 283 g/mol. The SMILES string of the molecule is CC(NC1CCCCCC1)c1cnn(-c2ccccc2)c1. The molecule has 1 aliphatic carbocycles. The molecule has 3 nitrogen and oxygen atoms in total. The Kier molecular flexibility index (Phi) is 4.71. The molecule has 1 saturated carbocycles. The molecule has 112 valence electrons. The predicted octanol–water partition coefficient (Wildman–Crippen LogP) is 4.25. The van der Waals surface area contributed by atoms with Crippen LogP contribution in [-0.4, -0.2) is 15.8 Å². The van der Waals surface area contributed by atoms with E-state index in [1.165, 1.54) is 44.1 Å². The number of benzene rings is 1. The zero-order chi connectivity index (χ0) is 14.5. The van der Waals surface area contributed by atoms with Gasteiger partial charge in [0, 0.05) is 23.8 Å². The lowest BCUT2D eigenvalue weighted by molar-refractivity contribution is 0.414. The summed E-state index contributed by atoms with van der Waals surface area (Å²) >= 11 is 0. The molecule has 21 heavy (non-hydrogen) atoms. The maximum atomic E-state index is 4.50. The summed E-state index contributed by atoms with van der Waals surface area (Å²) in [4.78, 5) is 0. The summed E-state index contributed by atoms with van der Waals surface area (Å²) in [7, 11) is 0. The van der Waals surface area contributed by atoms with Crippen LogP contribution >= 0.6 is 0 Å². The lowest BCUT2D eigenvalue weighted by Gasteiger charge is -2.21. The van der Waals surface area contributed by atoms with Crippen molar-refractivity contribution in [3.63, 3.8) is 0 Å². The molecule has 0 amide bonds. The van der Waals surface area contributed by atoms with Crippen LogP contribution in [0.15, 0.2) is 42.7 Å². The number of hydrogen-bond acceptors (Lipinski definition) is 2. The fraction of sp³-hybridized carbons (Fsp3) is 0.500. The summed E-state index contributed by atoms with van der Waals surface area (Å²) in [6, 6.07) is 11.3. The number of aromatic nitrogens is 2. The topological polar surface area (TPSA) is 29.9 Å². The lowest BCUT2D eigenvalue weighted by atomic mass is 10.1. The van der Waals surface area contributed by atoms with Gasteiger partial charge in [-0.25, -0.2) is 4.68 Å². The van der Waals surface area contributed by atoms with E-state index in [0.717, 1.165) is 5.69 Å². The highest BCUT2D eigenvalue weighted by molar-refractivity contribution is 5.31. The van der Waals surface area contributed by atoms with Crippen LogP contribution in [-0.2, 0) is 0 Å². The maximum Gasteiger partial charge on any atom is 0.0645 e. The van der Waals surface area contributed by atoms with Crippen molar-refractivity contribution >= 4 is 0 Å². The molecule has 1 aromatic heterocycles. The molecular formula is C18H25N3. The summed E-state index contributed by atoms with van der Waals surface area (Å²) in [5.41, 5.74) is 2.38. The Hall–Kier alpha value is -1.61. The number of hydrogen-bond donors (Lipinski definition) is 1. The van der Waals surface area contributed by atoms with Gasteiger partial charge < -0.3 is 5.32 Å². The predicted molar refractivity (Wildman–Crippen MR) is 86.6 cm³/mol. The van der Waals surface area contributed by atoms with Gasteiger partial charge in [-0.3, -0.25) is 0 Å². The molecule has 1 fully saturated rings. The van der Waals surface area contributed by atoms with E-state index in [1.54, 1.807) is 0 Å². The van der Waals surface area contributed by atoms with E-state index in [-0.39, 0.29) is 0 Å². The number of para-hydroxylation sites is 1. The van der Waals surface area contributed by atoms with Crippen LogP contribution in [0.5, 0.6) is 0 Å². The van der Waals surface area contributed by atoms with Crippen molar-refractivity contribution < 1.29 is 0 Å². The van der Waals surface area contributed by atoms with E-state index < -0.39 is 0 Å². The van der Waals surface area contributed by atoms with Gasteiger partial charge >= 0.3 is 0 Å². The van der Waals surface area contributed by atoms with Crippen molar-refractivity contribution in [2.75, 3.05) is 0 Å². The third kappa shape index (κ3) is 3.73. The molecule has 3 heteroatoms. The molecule has 3 rings (SSSR count). The molecule has 1 N–H and O–H groups in total. The van der Waals surface area contributed by atoms with E-state index in [4.69, 9.17) is 0 Å². The van der Waals surface area contributed by atoms with Crippen molar-refractivity contribution in [2.24, 2.45) is 0 Å². The van der Waals surface area contributed by atoms with Crippen LogP contribution < -0.4 is 5.32 Å². The molecule has 0 radical (unpaired) electrons. The van der Waals surface area contributed by atoms with Gasteiger partial charge in [-0.2, -0.15) is 5.10 Å². The zero-order valence-corrected chi connectivity index (χ0v) is 12.8. The van der Waals surface area contributed by atoms with E-state index >= 15 is 0 Å². The van der Waals surface area contributed by atoms with Crippen molar-refractivity contribution in [3.8, 4) is 5.69 Å². The number of rotatable bonds is 4. The first-order chi connectivity index (χ1) is 10.3. The Morgan fingerprint density at radius 1 is 1.10 bits per heavy atom. The van der Waals surface area contributed by atoms with Crippen LogP contribution in [0.25, 0.3) is 5.69 Å². The molecular weight excluding hydrogens is 258 g/mol. The molecule has 1 unspecified atom stereocenters. The van der Waals surface area contributed by atoms with E-state index in [9.17, 15) is 0 Å². The molecule has 1 atom stereocenters. The normalized spacial score (nSPS) is 18.3. The quantitative estimate of drug-likeness (QED) is 0.850. The summed E-state index contributed by atoms with van der Waals surface area (Å²) in [6.07, 6.45) is 12.3. The van der Waals surface area contributed by atoms with Gasteiger partial charge in [0.1, 0.15) is 0 Å². The van der Waals surface area contributed by atoms with Gasteiger partial charge in [-0.1, -0.05) is 43.9 Å². The second-order valence-corrected chi connectivity index (χ2v) is 6.13. The van der Waals surface area contributed by atoms with Crippen molar-refractivity contribution in [2.45, 2.75) is 57.5 Å². The highest BCUT2D eigenvalue weighted by atomic mass is 15.3. The maximum absolute atomic E-state index is 4.50. The van der Waals surface area contributed by atoms with E-state index in [2.05, 4.69) is 35.7 Å². The second kappa shape index (κ2) is 6.90. The minimum atomic E-state index is 0.366. The average molecular weight is 283 g/mol. The molecule has 0 saturated heterocycles. The van der Waals surface area contributed by atoms with E-state index in [1.807, 2.05) is 29.1 Å². The Morgan fingerprint density at radius 2 is 1.81 bits per heavy atom. The smallest absolute Gasteiger partial charge is 0.0645 e. The Bertz CT molecular complexity index is 539. The fourth-order valence-corrected chi connectivity index (χ4v) is 3.18. The van der Waals surface area contributed by atoms with Gasteiger partial charge in [-0.15, -0.1) is 0 Å². The molecule has 1 aromatic carbocycles. The summed E-state index contributed by atoms with van der Waals surface area (Å²) in [5, 5.41) is 8.28. The molecule has 0 spiro atoms. The molecule has 0 bridgehead atoms. The highest BCUT2D eigenvalue weighted by Crippen LogP contribution is 2.21. The highest BCUT2D eigenvalue weighted by Gasteiger charge is 2.16. The summed E-state index contributed by atoms with van der Waals surface area (Å²) in [5.74, 6) is 0. The zero-order valence-electron chi connectivity index (χ0n) is 12.8. The van der Waals surface area contributed by atoms with Gasteiger partial charge in [0.05, 0.1) is 11.9 Å². The van der Waals surface area contributed by atoms with Gasteiger partial charge in [0.25, 0.3) is 0 Å². The fourth-order valence-electron chi connectivity index (χ4n) is 3.18. The molecule has 0 aliphatic heterocycles. The lowest BCUT2D eigenvalue weighted by Crippen LogP contribution is -2.30. The first-order valence-corrected chi connectivity index (χ1v) is 8.19. The first-order valence-electron chi connectivity index (χ1n) is 8.19. The van der Waals surface area contributed by atoms with Crippen molar-refractivity contribution in [1.82, 2.24) is 15.1 Å². The van der Waals surface area contributed by atoms with Gasteiger partial charge in [-0.05, 0) is 31.9 Å². The van der Waals surface area contributed by atoms with Crippen LogP contribution in [0.1, 0.15) is 57.1 Å². The summed E-state index contributed by atoms with van der Waals surface area (Å²) in [6.45, 7) is 2.25. The van der Waals surface area contributed by atoms with Crippen LogP contribution in [0, 0.1) is 0 Å². The van der Waals surface area contributed by atoms with Gasteiger partial charge in [0.15, 0.2) is 0 Å². The van der Waals surface area contributed by atoms with Crippen molar-refractivity contribution in [1.29, 1.82) is 0 Å². The van der Waals surface area contributed by atoms with Crippen LogP contribution in [0.2, 0.25) is 0 Å². The third-order valence-corrected chi connectivity index (χ3v) is 4.46. The second-order valence-electron chi connectivity index (χ2n) is 6.13. The molecule has 1 aliphatic rings. The number of nitrogens with zero attached hydrogens (tertiary/aromatic N) is 2. The minimum absolute atomic E-state index is 0.366. The third-order valence-electron chi connectivity index (χ3n) is 4.46. The van der Waals surface area contributed by atoms with Crippen LogP contribution in [0.4, 0.5) is 0 Å². The van der Waals surface area contributed by atoms with E-state index in [0.29, 0.717) is 12.1 Å². The first kappa shape index (κ1) is 14.3. The van der Waals surface area contributed by atoms with Gasteiger partial charge in [0.2, 0.25) is 0 Å². The Balaban J connectivity index is 1.65. The average Bonchev–Trinajstić information content (AvgIpc) is 2.88. The number of nitrogens with one attached hydrogen (secondary N) is 1. The Morgan fingerprint density at radius 3 is 2.52 bits per heavy atom. The summed E-state index contributed by atoms with van der Waals surface area (Å²) < 4.78 is 1.96. The standard InChI is InChI=1S/C18H25N3/c1-15(20-17-9-5-2-3-6-10-17)16-13-19-21(14-16)18-11-7-4-8-12-18/h4,7-8,11-15,17,20H,2-3,5-6,9-10H2,1H3.